The molecule has 0 bridgehead atoms. The van der Waals surface area contributed by atoms with Crippen LogP contribution in [-0.2, 0) is 6.16 Å². The molecule has 1 heterocycles. The van der Waals surface area contributed by atoms with Crippen molar-refractivity contribution in [3.05, 3.63) is 35.4 Å². The maximum absolute atomic E-state index is 3.73. The Hall–Kier alpha value is -0.480. The highest BCUT2D eigenvalue weighted by atomic mass is 31.1. The Bertz CT molecular complexity index is 226. The van der Waals surface area contributed by atoms with E-state index in [1.165, 1.54) is 17.3 Å². The summed E-state index contributed by atoms with van der Waals surface area (Å²) in [5.74, 6) is 4.82. The lowest BCUT2D eigenvalue weighted by atomic mass is 10.2. The fourth-order valence-electron chi connectivity index (χ4n) is 1.11. The first-order chi connectivity index (χ1) is 5.24. The lowest BCUT2D eigenvalue weighted by molar-refractivity contribution is 1.16. The Morgan fingerprint density at radius 3 is 2.36 bits per heavy atom. The Kier molecular flexibility index (Phi) is 2.96. The van der Waals surface area contributed by atoms with E-state index in [4.69, 9.17) is 0 Å². The highest BCUT2D eigenvalue weighted by molar-refractivity contribution is 7.47. The molecule has 0 aliphatic heterocycles. The SMILES string of the molecule is C=CCCp1cc(C)c(C)c1. The number of rotatable bonds is 3. The van der Waals surface area contributed by atoms with E-state index in [1.807, 2.05) is 6.08 Å². The van der Waals surface area contributed by atoms with Crippen molar-refractivity contribution >= 4 is 7.53 Å². The minimum Gasteiger partial charge on any atom is -0.124 e. The zero-order valence-corrected chi connectivity index (χ0v) is 8.20. The molecule has 0 amide bonds. The number of hydrogen-bond donors (Lipinski definition) is 0. The summed E-state index contributed by atoms with van der Waals surface area (Å²) in [5.41, 5.74) is 2.94. The normalized spacial score (nSPS) is 10.0. The molecule has 1 aromatic heterocycles. The van der Waals surface area contributed by atoms with Gasteiger partial charge in [-0.15, -0.1) is 14.1 Å². The summed E-state index contributed by atoms with van der Waals surface area (Å²) in [5, 5.41) is 0. The van der Waals surface area contributed by atoms with Crippen LogP contribution in [0.3, 0.4) is 0 Å². The first kappa shape index (κ1) is 8.62. The van der Waals surface area contributed by atoms with Gasteiger partial charge >= 0.3 is 0 Å². The smallest absolute Gasteiger partial charge is 0.0106 e. The van der Waals surface area contributed by atoms with Crippen LogP contribution >= 0.6 is 7.53 Å². The number of allylic oxidation sites excluding steroid dienone is 1. The highest BCUT2D eigenvalue weighted by Crippen LogP contribution is 2.34. The zero-order valence-electron chi connectivity index (χ0n) is 7.30. The van der Waals surface area contributed by atoms with Gasteiger partial charge in [0.2, 0.25) is 0 Å². The van der Waals surface area contributed by atoms with Gasteiger partial charge in [-0.3, -0.25) is 0 Å². The molecular formula is C10H15P. The molecule has 0 fully saturated rings. The van der Waals surface area contributed by atoms with Crippen molar-refractivity contribution in [3.8, 4) is 0 Å². The van der Waals surface area contributed by atoms with E-state index in [9.17, 15) is 0 Å². The first-order valence-corrected chi connectivity index (χ1v) is 5.64. The molecule has 1 rings (SSSR count). The van der Waals surface area contributed by atoms with Gasteiger partial charge in [0.05, 0.1) is 0 Å². The topological polar surface area (TPSA) is 0 Å². The maximum Gasteiger partial charge on any atom is -0.0106 e. The quantitative estimate of drug-likeness (QED) is 0.598. The van der Waals surface area contributed by atoms with Crippen molar-refractivity contribution in [1.82, 2.24) is 0 Å². The van der Waals surface area contributed by atoms with Crippen LogP contribution in [0.5, 0.6) is 0 Å². The van der Waals surface area contributed by atoms with E-state index in [2.05, 4.69) is 32.0 Å². The van der Waals surface area contributed by atoms with Crippen LogP contribution in [0.25, 0.3) is 0 Å². The predicted molar refractivity (Wildman–Crippen MR) is 53.4 cm³/mol. The standard InChI is InChI=1S/C10H15P/c1-4-5-6-11-7-9(2)10(3)8-11/h4,7-8H,1,5-6H2,2-3H3. The number of aryl methyl sites for hydroxylation is 3. The second kappa shape index (κ2) is 3.78. The zero-order chi connectivity index (χ0) is 8.27. The summed E-state index contributed by atoms with van der Waals surface area (Å²) in [6, 6.07) is 0. The first-order valence-electron chi connectivity index (χ1n) is 3.98. The van der Waals surface area contributed by atoms with E-state index >= 15 is 0 Å². The summed E-state index contributed by atoms with van der Waals surface area (Å²) in [6.45, 7) is 8.12. The molecule has 0 nitrogen and oxygen atoms in total. The summed E-state index contributed by atoms with van der Waals surface area (Å²) in [4.78, 5) is 0. The van der Waals surface area contributed by atoms with E-state index < -0.39 is 0 Å². The third kappa shape index (κ3) is 2.24. The van der Waals surface area contributed by atoms with Crippen molar-refractivity contribution in [2.45, 2.75) is 26.4 Å². The molecule has 0 saturated carbocycles. The van der Waals surface area contributed by atoms with Crippen molar-refractivity contribution in [2.24, 2.45) is 0 Å². The molecule has 0 aliphatic carbocycles. The molecule has 0 spiro atoms. The summed E-state index contributed by atoms with van der Waals surface area (Å²) < 4.78 is 0. The molecule has 0 atom stereocenters. The average Bonchev–Trinajstić information content (AvgIpc) is 2.28. The van der Waals surface area contributed by atoms with Gasteiger partial charge in [-0.05, 0) is 49.2 Å². The largest absolute Gasteiger partial charge is 0.124 e. The maximum atomic E-state index is 3.73. The molecule has 11 heavy (non-hydrogen) atoms. The van der Waals surface area contributed by atoms with Crippen LogP contribution in [0.4, 0.5) is 0 Å². The lowest BCUT2D eigenvalue weighted by Gasteiger charge is -1.91. The van der Waals surface area contributed by atoms with Crippen molar-refractivity contribution in [1.29, 1.82) is 0 Å². The van der Waals surface area contributed by atoms with Gasteiger partial charge in [-0.2, -0.15) is 0 Å². The van der Waals surface area contributed by atoms with Gasteiger partial charge in [0.15, 0.2) is 0 Å². The Morgan fingerprint density at radius 1 is 1.36 bits per heavy atom. The second-order valence-corrected chi connectivity index (χ2v) is 4.93. The third-order valence-corrected chi connectivity index (χ3v) is 4.14. The van der Waals surface area contributed by atoms with Gasteiger partial charge in [0.25, 0.3) is 0 Å². The number of hydrogen-bond acceptors (Lipinski definition) is 0. The fourth-order valence-corrected chi connectivity index (χ4v) is 3.32. The molecular weight excluding hydrogens is 151 g/mol. The van der Waals surface area contributed by atoms with Gasteiger partial charge in [-0.1, -0.05) is 6.08 Å². The van der Waals surface area contributed by atoms with Gasteiger partial charge in [-0.25, -0.2) is 0 Å². The molecule has 0 unspecified atom stereocenters. The van der Waals surface area contributed by atoms with Crippen molar-refractivity contribution in [3.63, 3.8) is 0 Å². The molecule has 60 valence electrons. The molecule has 0 saturated heterocycles. The summed E-state index contributed by atoms with van der Waals surface area (Å²) in [7, 11) is 0.0750. The van der Waals surface area contributed by atoms with E-state index in [0.29, 0.717) is 0 Å². The van der Waals surface area contributed by atoms with Crippen molar-refractivity contribution < 1.29 is 0 Å². The molecule has 1 heteroatoms. The lowest BCUT2D eigenvalue weighted by Crippen LogP contribution is -1.63. The predicted octanol–water partition coefficient (Wildman–Crippen LogP) is 3.87. The van der Waals surface area contributed by atoms with Crippen LogP contribution < -0.4 is 0 Å². The van der Waals surface area contributed by atoms with Gasteiger partial charge < -0.3 is 0 Å². The Balaban J connectivity index is 2.64. The minimum atomic E-state index is 0.0750. The average molecular weight is 166 g/mol. The van der Waals surface area contributed by atoms with Gasteiger partial charge in [0.1, 0.15) is 0 Å². The summed E-state index contributed by atoms with van der Waals surface area (Å²) >= 11 is 0. The molecule has 0 aliphatic rings. The summed E-state index contributed by atoms with van der Waals surface area (Å²) in [6.07, 6.45) is 4.44. The molecule has 0 N–H and O–H groups in total. The fraction of sp³-hybridized carbons (Fsp3) is 0.400. The monoisotopic (exact) mass is 166 g/mol. The van der Waals surface area contributed by atoms with Crippen LogP contribution in [0.1, 0.15) is 17.5 Å². The van der Waals surface area contributed by atoms with Crippen LogP contribution in [0.15, 0.2) is 24.3 Å². The molecule has 0 aromatic carbocycles. The van der Waals surface area contributed by atoms with E-state index in [-0.39, 0.29) is 7.53 Å². The minimum absolute atomic E-state index is 0.0750. The van der Waals surface area contributed by atoms with E-state index in [1.54, 1.807) is 0 Å². The third-order valence-electron chi connectivity index (χ3n) is 1.93. The van der Waals surface area contributed by atoms with Gasteiger partial charge in [0, 0.05) is 0 Å². The van der Waals surface area contributed by atoms with E-state index in [0.717, 1.165) is 6.42 Å². The van der Waals surface area contributed by atoms with Crippen LogP contribution in [-0.4, -0.2) is 0 Å². The molecule has 0 radical (unpaired) electrons. The Morgan fingerprint density at radius 2 is 1.91 bits per heavy atom. The Labute approximate surface area is 70.0 Å². The van der Waals surface area contributed by atoms with Crippen LogP contribution in [0.2, 0.25) is 0 Å². The van der Waals surface area contributed by atoms with Crippen LogP contribution in [0, 0.1) is 13.8 Å². The molecule has 1 aromatic rings. The second-order valence-electron chi connectivity index (χ2n) is 2.94. The van der Waals surface area contributed by atoms with Crippen molar-refractivity contribution in [2.75, 3.05) is 0 Å². The highest BCUT2D eigenvalue weighted by Gasteiger charge is 1.97.